The Labute approximate surface area is 176 Å². The molecule has 7 heteroatoms. The average molecular weight is 409 g/mol. The molecule has 4 heterocycles. The van der Waals surface area contributed by atoms with Gasteiger partial charge in [-0.2, -0.15) is 0 Å². The Balaban J connectivity index is 1.39. The number of nitrogens with zero attached hydrogens (tertiary/aromatic N) is 3. The molecule has 158 valence electrons. The Morgan fingerprint density at radius 2 is 2.03 bits per heavy atom. The maximum Gasteiger partial charge on any atom is 0.241 e. The molecule has 0 N–H and O–H groups in total. The molecule has 1 aromatic rings. The molecular formula is C23H27N3O4. The zero-order valence-electron chi connectivity index (χ0n) is 17.6. The number of hydrogen-bond donors (Lipinski definition) is 0. The van der Waals surface area contributed by atoms with Crippen molar-refractivity contribution in [3.05, 3.63) is 47.0 Å². The molecule has 0 aliphatic carbocycles. The summed E-state index contributed by atoms with van der Waals surface area (Å²) in [6, 6.07) is 6.25. The summed E-state index contributed by atoms with van der Waals surface area (Å²) in [5, 5.41) is 0. The molecule has 4 aliphatic rings. The van der Waals surface area contributed by atoms with E-state index in [-0.39, 0.29) is 30.4 Å². The van der Waals surface area contributed by atoms with Gasteiger partial charge in [-0.1, -0.05) is 35.9 Å². The number of amides is 3. The van der Waals surface area contributed by atoms with Crippen molar-refractivity contribution >= 4 is 17.7 Å². The number of rotatable bonds is 3. The predicted octanol–water partition coefficient (Wildman–Crippen LogP) is 0.886. The maximum absolute atomic E-state index is 13.5. The number of fused-ring (bicyclic) bond motifs is 1. The van der Waals surface area contributed by atoms with Crippen LogP contribution in [0.15, 0.2) is 30.4 Å². The molecule has 1 aromatic carbocycles. The van der Waals surface area contributed by atoms with Crippen LogP contribution in [0.25, 0.3) is 0 Å². The van der Waals surface area contributed by atoms with E-state index in [9.17, 15) is 14.4 Å². The number of likely N-dealkylation sites (N-methyl/N-ethyl adjacent to an activating group) is 1. The lowest BCUT2D eigenvalue weighted by molar-refractivity contribution is -0.149. The summed E-state index contributed by atoms with van der Waals surface area (Å²) in [6.07, 6.45) is 3.51. The van der Waals surface area contributed by atoms with Crippen LogP contribution in [0.4, 0.5) is 0 Å². The van der Waals surface area contributed by atoms with Crippen molar-refractivity contribution in [2.24, 2.45) is 11.8 Å². The average Bonchev–Trinajstić information content (AvgIpc) is 3.35. The van der Waals surface area contributed by atoms with Gasteiger partial charge in [-0.25, -0.2) is 0 Å². The molecule has 3 amide bonds. The van der Waals surface area contributed by atoms with Gasteiger partial charge in [0.15, 0.2) is 0 Å². The molecule has 0 radical (unpaired) electrons. The first-order chi connectivity index (χ1) is 14.3. The first-order valence-corrected chi connectivity index (χ1v) is 10.5. The minimum absolute atomic E-state index is 0.0263. The van der Waals surface area contributed by atoms with Crippen LogP contribution in [0.1, 0.15) is 16.7 Å². The monoisotopic (exact) mass is 409 g/mol. The van der Waals surface area contributed by atoms with Crippen LogP contribution in [-0.4, -0.2) is 77.4 Å². The number of likely N-dealkylation sites (tertiary alicyclic amines) is 1. The summed E-state index contributed by atoms with van der Waals surface area (Å²) < 4.78 is 6.23. The van der Waals surface area contributed by atoms with E-state index in [0.29, 0.717) is 26.2 Å². The fourth-order valence-corrected chi connectivity index (χ4v) is 5.33. The second kappa shape index (κ2) is 6.67. The summed E-state index contributed by atoms with van der Waals surface area (Å²) in [6.45, 7) is 6.15. The van der Waals surface area contributed by atoms with E-state index in [2.05, 4.69) is 18.2 Å². The van der Waals surface area contributed by atoms with Crippen molar-refractivity contribution in [2.45, 2.75) is 32.1 Å². The molecule has 0 saturated carbocycles. The van der Waals surface area contributed by atoms with Gasteiger partial charge in [0.1, 0.15) is 5.60 Å². The van der Waals surface area contributed by atoms with Crippen molar-refractivity contribution in [3.63, 3.8) is 0 Å². The van der Waals surface area contributed by atoms with E-state index in [0.717, 1.165) is 16.7 Å². The third kappa shape index (κ3) is 2.79. The maximum atomic E-state index is 13.5. The van der Waals surface area contributed by atoms with E-state index in [1.54, 1.807) is 16.8 Å². The highest BCUT2D eigenvalue weighted by atomic mass is 16.5. The Hall–Kier alpha value is -2.67. The molecular weight excluding hydrogens is 382 g/mol. The van der Waals surface area contributed by atoms with Crippen molar-refractivity contribution < 1.29 is 19.1 Å². The Kier molecular flexibility index (Phi) is 4.29. The first kappa shape index (κ1) is 19.3. The van der Waals surface area contributed by atoms with Crippen molar-refractivity contribution in [3.8, 4) is 0 Å². The zero-order valence-corrected chi connectivity index (χ0v) is 17.6. The van der Waals surface area contributed by atoms with Crippen molar-refractivity contribution in [1.82, 2.24) is 14.7 Å². The van der Waals surface area contributed by atoms with E-state index in [1.165, 1.54) is 0 Å². The topological polar surface area (TPSA) is 70.2 Å². The highest BCUT2D eigenvalue weighted by Gasteiger charge is 2.67. The Bertz CT molecular complexity index is 973. The van der Waals surface area contributed by atoms with Gasteiger partial charge in [-0.05, 0) is 25.0 Å². The summed E-state index contributed by atoms with van der Waals surface area (Å²) in [7, 11) is 1.74. The van der Waals surface area contributed by atoms with Crippen molar-refractivity contribution in [1.29, 1.82) is 0 Å². The summed E-state index contributed by atoms with van der Waals surface area (Å²) in [5.74, 6) is -1.30. The number of hydrogen-bond acceptors (Lipinski definition) is 4. The lowest BCUT2D eigenvalue weighted by atomic mass is 9.76. The predicted molar refractivity (Wildman–Crippen MR) is 109 cm³/mol. The fraction of sp³-hybridized carbons (Fsp3) is 0.522. The van der Waals surface area contributed by atoms with Crippen molar-refractivity contribution in [2.75, 3.05) is 33.2 Å². The molecule has 3 fully saturated rings. The quantitative estimate of drug-likeness (QED) is 0.695. The van der Waals surface area contributed by atoms with E-state index < -0.39 is 17.4 Å². The molecule has 0 aromatic heterocycles. The smallest absolute Gasteiger partial charge is 0.241 e. The van der Waals surface area contributed by atoms with E-state index in [4.69, 9.17) is 4.74 Å². The Morgan fingerprint density at radius 1 is 1.23 bits per heavy atom. The number of carbonyl (C=O) groups excluding carboxylic acids is 3. The minimum Gasteiger partial charge on any atom is -0.360 e. The van der Waals surface area contributed by atoms with Crippen LogP contribution in [0.5, 0.6) is 0 Å². The molecule has 5 rings (SSSR count). The standard InChI is InChI=1S/C23H27N3O4/c1-14-4-5-15(2)16(10-14)11-26-13-23-7-6-17(30-23)19(20(23)22(26)29)21(28)25-9-8-24(3)18(27)12-25/h4-7,10,17,19-20H,8-9,11-13H2,1-3H3/t17-,19+,20+,23-/m0/s1. The number of aryl methyl sites for hydroxylation is 2. The number of carbonyl (C=O) groups is 3. The van der Waals surface area contributed by atoms with Gasteiger partial charge in [0.25, 0.3) is 0 Å². The minimum atomic E-state index is -0.726. The van der Waals surface area contributed by atoms with Crippen LogP contribution in [0.2, 0.25) is 0 Å². The normalized spacial score (nSPS) is 32.4. The Morgan fingerprint density at radius 3 is 2.80 bits per heavy atom. The van der Waals surface area contributed by atoms with Crippen LogP contribution in [-0.2, 0) is 25.7 Å². The third-order valence-corrected chi connectivity index (χ3v) is 7.10. The second-order valence-corrected chi connectivity index (χ2v) is 9.10. The van der Waals surface area contributed by atoms with Gasteiger partial charge >= 0.3 is 0 Å². The molecule has 4 aliphatic heterocycles. The molecule has 3 saturated heterocycles. The second-order valence-electron chi connectivity index (χ2n) is 9.10. The van der Waals surface area contributed by atoms with Gasteiger partial charge in [0, 0.05) is 26.7 Å². The fourth-order valence-electron chi connectivity index (χ4n) is 5.33. The lowest BCUT2D eigenvalue weighted by Gasteiger charge is -2.35. The van der Waals surface area contributed by atoms with Crippen LogP contribution >= 0.6 is 0 Å². The van der Waals surface area contributed by atoms with Crippen LogP contribution < -0.4 is 0 Å². The molecule has 1 spiro atoms. The highest BCUT2D eigenvalue weighted by molar-refractivity contribution is 5.94. The number of ether oxygens (including phenoxy) is 1. The number of benzene rings is 1. The molecule has 0 unspecified atom stereocenters. The van der Waals surface area contributed by atoms with Gasteiger partial charge < -0.3 is 19.4 Å². The van der Waals surface area contributed by atoms with Gasteiger partial charge in [-0.15, -0.1) is 0 Å². The zero-order chi connectivity index (χ0) is 21.2. The lowest BCUT2D eigenvalue weighted by Crippen LogP contribution is -2.54. The van der Waals surface area contributed by atoms with Gasteiger partial charge in [-0.3, -0.25) is 14.4 Å². The van der Waals surface area contributed by atoms with E-state index in [1.807, 2.05) is 30.9 Å². The SMILES string of the molecule is Cc1ccc(C)c(CN2C[C@]34C=C[C@H](O3)[C@@H](C(=O)N3CCN(C)C(=O)C3)[C@@H]4C2=O)c1. The summed E-state index contributed by atoms with van der Waals surface area (Å²) >= 11 is 0. The molecule has 7 nitrogen and oxygen atoms in total. The molecule has 30 heavy (non-hydrogen) atoms. The van der Waals surface area contributed by atoms with Gasteiger partial charge in [0.05, 0.1) is 31.0 Å². The molecule has 4 atom stereocenters. The highest BCUT2D eigenvalue weighted by Crippen LogP contribution is 2.52. The summed E-state index contributed by atoms with van der Waals surface area (Å²) in [4.78, 5) is 44.0. The molecule has 2 bridgehead atoms. The van der Waals surface area contributed by atoms with E-state index >= 15 is 0 Å². The van der Waals surface area contributed by atoms with Crippen LogP contribution in [0.3, 0.4) is 0 Å². The van der Waals surface area contributed by atoms with Gasteiger partial charge in [0.2, 0.25) is 17.7 Å². The first-order valence-electron chi connectivity index (χ1n) is 10.5. The summed E-state index contributed by atoms with van der Waals surface area (Å²) in [5.41, 5.74) is 2.69. The largest absolute Gasteiger partial charge is 0.360 e. The third-order valence-electron chi connectivity index (χ3n) is 7.10. The van der Waals surface area contributed by atoms with Crippen LogP contribution in [0, 0.1) is 25.7 Å². The number of piperazine rings is 1.